The molecule has 0 saturated heterocycles. The molecule has 0 saturated carbocycles. The Morgan fingerprint density at radius 2 is 1.91 bits per heavy atom. The van der Waals surface area contributed by atoms with Gasteiger partial charge in [-0.15, -0.1) is 10.2 Å². The van der Waals surface area contributed by atoms with Gasteiger partial charge in [0.05, 0.1) is 20.6 Å². The number of methoxy groups -OCH3 is 2. The maximum Gasteiger partial charge on any atom is 0.306 e. The number of benzene rings is 1. The van der Waals surface area contributed by atoms with Gasteiger partial charge in [-0.05, 0) is 38.1 Å². The van der Waals surface area contributed by atoms with E-state index in [4.69, 9.17) is 4.74 Å². The van der Waals surface area contributed by atoms with Crippen LogP contribution in [0.25, 0.3) is 11.4 Å². The highest BCUT2D eigenvalue weighted by Gasteiger charge is 2.17. The maximum atomic E-state index is 11.2. The summed E-state index contributed by atoms with van der Waals surface area (Å²) < 4.78 is 11.9. The fraction of sp³-hybridized carbons (Fsp3) is 0.438. The SMILES string of the molecule is COC(=O)CCSc1nnc(-c2ccc(OC)cc2)n1C(C)C. The second-order valence-electron chi connectivity index (χ2n) is 5.17. The summed E-state index contributed by atoms with van der Waals surface area (Å²) in [4.78, 5) is 11.2. The number of thioether (sulfide) groups is 1. The van der Waals surface area contributed by atoms with Gasteiger partial charge in [0.1, 0.15) is 5.75 Å². The number of nitrogens with zero attached hydrogens (tertiary/aromatic N) is 3. The predicted octanol–water partition coefficient (Wildman–Crippen LogP) is 3.19. The molecule has 0 radical (unpaired) electrons. The molecular weight excluding hydrogens is 314 g/mol. The van der Waals surface area contributed by atoms with Gasteiger partial charge in [0.2, 0.25) is 0 Å². The number of hydrogen-bond acceptors (Lipinski definition) is 6. The van der Waals surface area contributed by atoms with Gasteiger partial charge in [-0.2, -0.15) is 0 Å². The Morgan fingerprint density at radius 1 is 1.22 bits per heavy atom. The van der Waals surface area contributed by atoms with E-state index in [1.807, 2.05) is 24.3 Å². The normalized spacial score (nSPS) is 10.8. The monoisotopic (exact) mass is 335 g/mol. The molecule has 0 aliphatic rings. The number of carbonyl (C=O) groups is 1. The highest BCUT2D eigenvalue weighted by Crippen LogP contribution is 2.28. The first-order chi connectivity index (χ1) is 11.1. The van der Waals surface area contributed by atoms with Gasteiger partial charge < -0.3 is 9.47 Å². The van der Waals surface area contributed by atoms with Crippen molar-refractivity contribution in [1.82, 2.24) is 14.8 Å². The largest absolute Gasteiger partial charge is 0.497 e. The lowest BCUT2D eigenvalue weighted by atomic mass is 10.2. The summed E-state index contributed by atoms with van der Waals surface area (Å²) in [5.41, 5.74) is 0.979. The van der Waals surface area contributed by atoms with Crippen molar-refractivity contribution in [3.8, 4) is 17.1 Å². The van der Waals surface area contributed by atoms with Crippen LogP contribution in [-0.2, 0) is 9.53 Å². The number of esters is 1. The highest BCUT2D eigenvalue weighted by atomic mass is 32.2. The Hall–Kier alpha value is -2.02. The van der Waals surface area contributed by atoms with Crippen molar-refractivity contribution in [3.05, 3.63) is 24.3 Å². The van der Waals surface area contributed by atoms with Crippen LogP contribution in [0.3, 0.4) is 0 Å². The van der Waals surface area contributed by atoms with Gasteiger partial charge in [-0.3, -0.25) is 9.36 Å². The first-order valence-electron chi connectivity index (χ1n) is 7.35. The molecule has 7 heteroatoms. The van der Waals surface area contributed by atoms with Gasteiger partial charge in [0.25, 0.3) is 0 Å². The molecule has 0 aliphatic carbocycles. The van der Waals surface area contributed by atoms with Crippen LogP contribution >= 0.6 is 11.8 Å². The Kier molecular flexibility index (Phi) is 6.04. The Morgan fingerprint density at radius 3 is 2.48 bits per heavy atom. The molecule has 0 unspecified atom stereocenters. The van der Waals surface area contributed by atoms with Gasteiger partial charge in [0.15, 0.2) is 11.0 Å². The van der Waals surface area contributed by atoms with Gasteiger partial charge in [0, 0.05) is 17.4 Å². The van der Waals surface area contributed by atoms with E-state index >= 15 is 0 Å². The molecule has 1 heterocycles. The fourth-order valence-electron chi connectivity index (χ4n) is 2.11. The molecule has 0 fully saturated rings. The third-order valence-corrected chi connectivity index (χ3v) is 4.24. The second-order valence-corrected chi connectivity index (χ2v) is 6.24. The van der Waals surface area contributed by atoms with Crippen LogP contribution in [0.2, 0.25) is 0 Å². The summed E-state index contributed by atoms with van der Waals surface area (Å²) >= 11 is 1.51. The molecule has 0 amide bonds. The summed E-state index contributed by atoms with van der Waals surface area (Å²) in [5, 5.41) is 9.39. The van der Waals surface area contributed by atoms with Crippen LogP contribution in [0.15, 0.2) is 29.4 Å². The predicted molar refractivity (Wildman–Crippen MR) is 89.8 cm³/mol. The van der Waals surface area contributed by atoms with Crippen molar-refractivity contribution < 1.29 is 14.3 Å². The Bertz CT molecular complexity index is 653. The van der Waals surface area contributed by atoms with E-state index in [2.05, 4.69) is 33.3 Å². The summed E-state index contributed by atoms with van der Waals surface area (Å²) in [6, 6.07) is 7.94. The molecule has 0 spiro atoms. The molecule has 2 aromatic rings. The molecular formula is C16H21N3O3S. The van der Waals surface area contributed by atoms with Crippen molar-refractivity contribution in [1.29, 1.82) is 0 Å². The highest BCUT2D eigenvalue weighted by molar-refractivity contribution is 7.99. The Labute approximate surface area is 140 Å². The Balaban J connectivity index is 2.21. The number of carbonyl (C=O) groups excluding carboxylic acids is 1. The molecule has 6 nitrogen and oxygen atoms in total. The molecule has 2 rings (SSSR count). The third-order valence-electron chi connectivity index (χ3n) is 3.29. The third kappa shape index (κ3) is 4.25. The topological polar surface area (TPSA) is 66.2 Å². The quantitative estimate of drug-likeness (QED) is 0.572. The average Bonchev–Trinajstić information content (AvgIpc) is 2.98. The summed E-state index contributed by atoms with van der Waals surface area (Å²) in [6.07, 6.45) is 0.351. The van der Waals surface area contributed by atoms with Crippen LogP contribution in [0.4, 0.5) is 0 Å². The number of hydrogen-bond donors (Lipinski definition) is 0. The number of aromatic nitrogens is 3. The van der Waals surface area contributed by atoms with Crippen molar-refractivity contribution in [2.45, 2.75) is 31.5 Å². The first kappa shape index (κ1) is 17.3. The number of ether oxygens (including phenoxy) is 2. The van der Waals surface area contributed by atoms with E-state index < -0.39 is 0 Å². The molecule has 1 aromatic heterocycles. The minimum atomic E-state index is -0.219. The summed E-state index contributed by atoms with van der Waals surface area (Å²) in [5.74, 6) is 2.00. The van der Waals surface area contributed by atoms with E-state index in [9.17, 15) is 4.79 Å². The fourth-order valence-corrected chi connectivity index (χ4v) is 3.09. The summed E-state index contributed by atoms with van der Waals surface area (Å²) in [7, 11) is 3.03. The number of rotatable bonds is 7. The van der Waals surface area contributed by atoms with Crippen LogP contribution in [0.5, 0.6) is 5.75 Å². The van der Waals surface area contributed by atoms with Gasteiger partial charge in [-0.25, -0.2) is 0 Å². The standard InChI is InChI=1S/C16H21N3O3S/c1-11(2)19-15(12-5-7-13(21-3)8-6-12)17-18-16(19)23-10-9-14(20)22-4/h5-8,11H,9-10H2,1-4H3. The molecule has 23 heavy (non-hydrogen) atoms. The van der Waals surface area contributed by atoms with E-state index in [1.54, 1.807) is 7.11 Å². The smallest absolute Gasteiger partial charge is 0.306 e. The van der Waals surface area contributed by atoms with Crippen LogP contribution in [0.1, 0.15) is 26.3 Å². The van der Waals surface area contributed by atoms with Gasteiger partial charge in [-0.1, -0.05) is 11.8 Å². The lowest BCUT2D eigenvalue weighted by molar-refractivity contribution is -0.140. The van der Waals surface area contributed by atoms with Crippen LogP contribution in [0, 0.1) is 0 Å². The molecule has 0 N–H and O–H groups in total. The van der Waals surface area contributed by atoms with Crippen molar-refractivity contribution in [2.75, 3.05) is 20.0 Å². The zero-order chi connectivity index (χ0) is 16.8. The zero-order valence-corrected chi connectivity index (χ0v) is 14.6. The lowest BCUT2D eigenvalue weighted by Crippen LogP contribution is -2.06. The minimum Gasteiger partial charge on any atom is -0.497 e. The first-order valence-corrected chi connectivity index (χ1v) is 8.34. The average molecular weight is 335 g/mol. The van der Waals surface area contributed by atoms with E-state index in [0.29, 0.717) is 12.2 Å². The van der Waals surface area contributed by atoms with E-state index in [1.165, 1.54) is 18.9 Å². The van der Waals surface area contributed by atoms with Crippen LogP contribution in [-0.4, -0.2) is 40.7 Å². The minimum absolute atomic E-state index is 0.211. The van der Waals surface area contributed by atoms with Gasteiger partial charge >= 0.3 is 5.97 Å². The summed E-state index contributed by atoms with van der Waals surface area (Å²) in [6.45, 7) is 4.17. The van der Waals surface area contributed by atoms with Crippen molar-refractivity contribution in [2.24, 2.45) is 0 Å². The van der Waals surface area contributed by atoms with Crippen molar-refractivity contribution >= 4 is 17.7 Å². The maximum absolute atomic E-state index is 11.2. The molecule has 1 aromatic carbocycles. The second kappa shape index (κ2) is 8.01. The van der Waals surface area contributed by atoms with E-state index in [-0.39, 0.29) is 12.0 Å². The van der Waals surface area contributed by atoms with Crippen LogP contribution < -0.4 is 4.74 Å². The zero-order valence-electron chi connectivity index (χ0n) is 13.8. The molecule has 0 atom stereocenters. The molecule has 0 bridgehead atoms. The molecule has 124 valence electrons. The van der Waals surface area contributed by atoms with Crippen molar-refractivity contribution in [3.63, 3.8) is 0 Å². The van der Waals surface area contributed by atoms with E-state index in [0.717, 1.165) is 22.3 Å². The molecule has 0 aliphatic heterocycles. The lowest BCUT2D eigenvalue weighted by Gasteiger charge is -2.13.